The van der Waals surface area contributed by atoms with Gasteiger partial charge in [0.05, 0.1) is 6.42 Å². The molecule has 0 spiro atoms. The lowest BCUT2D eigenvalue weighted by Crippen LogP contribution is -2.55. The summed E-state index contributed by atoms with van der Waals surface area (Å²) in [5, 5.41) is 8.21. The number of carbonyl (C=O) groups is 4. The lowest BCUT2D eigenvalue weighted by atomic mass is 9.98. The molecule has 9 nitrogen and oxygen atoms in total. The van der Waals surface area contributed by atoms with Crippen molar-refractivity contribution >= 4 is 23.7 Å². The lowest BCUT2D eigenvalue weighted by Gasteiger charge is -2.26. The molecule has 194 valence electrons. The minimum atomic E-state index is -0.900. The third-order valence-electron chi connectivity index (χ3n) is 6.27. The van der Waals surface area contributed by atoms with Crippen LogP contribution in [0.1, 0.15) is 58.4 Å². The van der Waals surface area contributed by atoms with Gasteiger partial charge in [0.1, 0.15) is 24.2 Å². The molecule has 1 aromatic carbocycles. The molecule has 0 bridgehead atoms. The summed E-state index contributed by atoms with van der Waals surface area (Å²) in [4.78, 5) is 52.0. The molecule has 5 atom stereocenters. The first-order valence-electron chi connectivity index (χ1n) is 12.4. The number of esters is 1. The van der Waals surface area contributed by atoms with E-state index in [-0.39, 0.29) is 18.8 Å². The number of methoxy groups -OCH3 is 1. The SMILES string of the molecule is CC[C@@H](C)[C@@H]1NC(=O)[C@@H](C)NC(=O)[C@@H](Cc2ccccc2)NC(=O)C[C@@H](CCCCOC)OC1=O. The van der Waals surface area contributed by atoms with Crippen molar-refractivity contribution in [2.75, 3.05) is 13.7 Å². The van der Waals surface area contributed by atoms with Crippen LogP contribution in [0.5, 0.6) is 0 Å². The molecule has 3 amide bonds. The first-order valence-corrected chi connectivity index (χ1v) is 12.4. The first kappa shape index (κ1) is 28.3. The van der Waals surface area contributed by atoms with Crippen molar-refractivity contribution in [1.29, 1.82) is 0 Å². The summed E-state index contributed by atoms with van der Waals surface area (Å²) in [7, 11) is 1.62. The highest BCUT2D eigenvalue weighted by Crippen LogP contribution is 2.16. The second kappa shape index (κ2) is 14.5. The number of hydrogen-bond donors (Lipinski definition) is 3. The number of unbranched alkanes of at least 4 members (excludes halogenated alkanes) is 1. The Labute approximate surface area is 207 Å². The molecule has 2 rings (SSSR count). The van der Waals surface area contributed by atoms with Crippen LogP contribution >= 0.6 is 0 Å². The fraction of sp³-hybridized carbons (Fsp3) is 0.615. The minimum Gasteiger partial charge on any atom is -0.460 e. The summed E-state index contributed by atoms with van der Waals surface area (Å²) in [6.07, 6.45) is 2.07. The van der Waals surface area contributed by atoms with Crippen LogP contribution in [0.3, 0.4) is 0 Å². The molecule has 35 heavy (non-hydrogen) atoms. The predicted molar refractivity (Wildman–Crippen MR) is 131 cm³/mol. The minimum absolute atomic E-state index is 0.0754. The third kappa shape index (κ3) is 9.32. The number of nitrogens with one attached hydrogen (secondary N) is 3. The van der Waals surface area contributed by atoms with E-state index in [4.69, 9.17) is 9.47 Å². The molecular formula is C26H39N3O6. The van der Waals surface area contributed by atoms with Crippen molar-refractivity contribution in [1.82, 2.24) is 16.0 Å². The van der Waals surface area contributed by atoms with E-state index < -0.39 is 47.9 Å². The van der Waals surface area contributed by atoms with Gasteiger partial charge in [0, 0.05) is 20.1 Å². The number of rotatable bonds is 9. The molecule has 1 aliphatic rings. The van der Waals surface area contributed by atoms with Crippen LogP contribution in [0.4, 0.5) is 0 Å². The molecule has 1 heterocycles. The van der Waals surface area contributed by atoms with Crippen molar-refractivity contribution in [2.45, 2.75) is 83.5 Å². The van der Waals surface area contributed by atoms with Crippen molar-refractivity contribution in [3.05, 3.63) is 35.9 Å². The Kier molecular flexibility index (Phi) is 11.7. The molecule has 9 heteroatoms. The van der Waals surface area contributed by atoms with Crippen LogP contribution in [0.2, 0.25) is 0 Å². The van der Waals surface area contributed by atoms with Crippen LogP contribution in [0, 0.1) is 5.92 Å². The average molecular weight is 490 g/mol. The second-order valence-corrected chi connectivity index (χ2v) is 9.16. The van der Waals surface area contributed by atoms with Crippen LogP contribution in [-0.2, 0) is 35.1 Å². The zero-order chi connectivity index (χ0) is 25.8. The van der Waals surface area contributed by atoms with E-state index in [2.05, 4.69) is 16.0 Å². The fourth-order valence-electron chi connectivity index (χ4n) is 3.90. The summed E-state index contributed by atoms with van der Waals surface area (Å²) in [5.74, 6) is -2.10. The average Bonchev–Trinajstić information content (AvgIpc) is 2.84. The van der Waals surface area contributed by atoms with Crippen molar-refractivity contribution in [2.24, 2.45) is 5.92 Å². The van der Waals surface area contributed by atoms with Gasteiger partial charge < -0.3 is 25.4 Å². The van der Waals surface area contributed by atoms with E-state index in [1.165, 1.54) is 0 Å². The molecule has 0 aromatic heterocycles. The highest BCUT2D eigenvalue weighted by Gasteiger charge is 2.33. The Balaban J connectivity index is 2.30. The van der Waals surface area contributed by atoms with Gasteiger partial charge in [-0.15, -0.1) is 0 Å². The Hall–Kier alpha value is -2.94. The van der Waals surface area contributed by atoms with Gasteiger partial charge in [0.25, 0.3) is 0 Å². The van der Waals surface area contributed by atoms with Gasteiger partial charge in [0.2, 0.25) is 17.7 Å². The summed E-state index contributed by atoms with van der Waals surface area (Å²) >= 11 is 0. The summed E-state index contributed by atoms with van der Waals surface area (Å²) in [5.41, 5.74) is 0.869. The van der Waals surface area contributed by atoms with Gasteiger partial charge in [0.15, 0.2) is 0 Å². The van der Waals surface area contributed by atoms with Gasteiger partial charge in [-0.2, -0.15) is 0 Å². The molecule has 0 aliphatic carbocycles. The maximum absolute atomic E-state index is 13.1. The maximum Gasteiger partial charge on any atom is 0.329 e. The van der Waals surface area contributed by atoms with Gasteiger partial charge in [-0.3, -0.25) is 14.4 Å². The number of benzene rings is 1. The topological polar surface area (TPSA) is 123 Å². The van der Waals surface area contributed by atoms with Crippen LogP contribution in [-0.4, -0.2) is 61.6 Å². The van der Waals surface area contributed by atoms with E-state index in [0.717, 1.165) is 12.0 Å². The van der Waals surface area contributed by atoms with Gasteiger partial charge >= 0.3 is 5.97 Å². The Bertz CT molecular complexity index is 847. The Morgan fingerprint density at radius 3 is 2.40 bits per heavy atom. The highest BCUT2D eigenvalue weighted by molar-refractivity contribution is 5.94. The van der Waals surface area contributed by atoms with Gasteiger partial charge in [-0.1, -0.05) is 50.6 Å². The molecule has 1 aromatic rings. The van der Waals surface area contributed by atoms with E-state index in [1.54, 1.807) is 14.0 Å². The zero-order valence-electron chi connectivity index (χ0n) is 21.2. The Morgan fingerprint density at radius 2 is 1.74 bits per heavy atom. The third-order valence-corrected chi connectivity index (χ3v) is 6.27. The molecule has 0 saturated carbocycles. The maximum atomic E-state index is 13.1. The molecular weight excluding hydrogens is 450 g/mol. The quantitative estimate of drug-likeness (QED) is 0.360. The highest BCUT2D eigenvalue weighted by atomic mass is 16.5. The van der Waals surface area contributed by atoms with Crippen LogP contribution in [0.25, 0.3) is 0 Å². The van der Waals surface area contributed by atoms with E-state index >= 15 is 0 Å². The normalized spacial score (nSPS) is 25.1. The standard InChI is InChI=1S/C26H39N3O6/c1-5-17(2)23-26(33)35-20(13-9-10-14-34-4)16-22(30)28-21(15-19-11-7-6-8-12-19)25(32)27-18(3)24(31)29-23/h6-8,11-12,17-18,20-21,23H,5,9-10,13-16H2,1-4H3,(H,27,32)(H,28,30)(H,29,31)/t17-,18-,20-,21-,23+/m1/s1. The number of ether oxygens (including phenoxy) is 2. The number of carbonyl (C=O) groups excluding carboxylic acids is 4. The number of amides is 3. The molecule has 1 saturated heterocycles. The monoisotopic (exact) mass is 489 g/mol. The summed E-state index contributed by atoms with van der Waals surface area (Å²) < 4.78 is 10.8. The van der Waals surface area contributed by atoms with Crippen molar-refractivity contribution in [3.63, 3.8) is 0 Å². The molecule has 0 radical (unpaired) electrons. The van der Waals surface area contributed by atoms with E-state index in [0.29, 0.717) is 25.9 Å². The summed E-state index contributed by atoms with van der Waals surface area (Å²) in [6, 6.07) is 6.66. The number of cyclic esters (lactones) is 1. The van der Waals surface area contributed by atoms with Crippen LogP contribution < -0.4 is 16.0 Å². The second-order valence-electron chi connectivity index (χ2n) is 9.16. The number of hydrogen-bond acceptors (Lipinski definition) is 6. The Morgan fingerprint density at radius 1 is 1.03 bits per heavy atom. The zero-order valence-corrected chi connectivity index (χ0v) is 21.2. The van der Waals surface area contributed by atoms with Gasteiger partial charge in [-0.25, -0.2) is 4.79 Å². The van der Waals surface area contributed by atoms with E-state index in [9.17, 15) is 19.2 Å². The lowest BCUT2D eigenvalue weighted by molar-refractivity contribution is -0.156. The fourth-order valence-corrected chi connectivity index (χ4v) is 3.90. The molecule has 0 unspecified atom stereocenters. The first-order chi connectivity index (χ1) is 16.7. The van der Waals surface area contributed by atoms with Crippen molar-refractivity contribution < 1.29 is 28.7 Å². The summed E-state index contributed by atoms with van der Waals surface area (Å²) in [6.45, 7) is 5.88. The molecule has 1 fully saturated rings. The van der Waals surface area contributed by atoms with E-state index in [1.807, 2.05) is 44.2 Å². The largest absolute Gasteiger partial charge is 0.460 e. The predicted octanol–water partition coefficient (Wildman–Crippen LogP) is 1.88. The molecule has 3 N–H and O–H groups in total. The van der Waals surface area contributed by atoms with Crippen LogP contribution in [0.15, 0.2) is 30.3 Å². The molecule has 1 aliphatic heterocycles. The van der Waals surface area contributed by atoms with Crippen molar-refractivity contribution in [3.8, 4) is 0 Å². The van der Waals surface area contributed by atoms with Gasteiger partial charge in [-0.05, 0) is 37.7 Å². The smallest absolute Gasteiger partial charge is 0.329 e.